The molecule has 10 nitrogen and oxygen atoms in total. The van der Waals surface area contributed by atoms with Crippen LogP contribution >= 0.6 is 11.8 Å². The van der Waals surface area contributed by atoms with Gasteiger partial charge in [0.2, 0.25) is 5.12 Å². The van der Waals surface area contributed by atoms with Gasteiger partial charge in [-0.3, -0.25) is 14.4 Å². The number of rotatable bonds is 8. The summed E-state index contributed by atoms with van der Waals surface area (Å²) in [6.45, 7) is 14.6. The highest BCUT2D eigenvalue weighted by Crippen LogP contribution is 2.72. The van der Waals surface area contributed by atoms with Crippen LogP contribution in [0.4, 0.5) is 13.2 Å². The van der Waals surface area contributed by atoms with Gasteiger partial charge in [0, 0.05) is 53.3 Å². The van der Waals surface area contributed by atoms with Crippen LogP contribution in [0.5, 0.6) is 5.75 Å². The summed E-state index contributed by atoms with van der Waals surface area (Å²) in [4.78, 5) is 37.8. The minimum absolute atomic E-state index is 0.0141. The maximum absolute atomic E-state index is 17.2. The van der Waals surface area contributed by atoms with E-state index in [9.17, 15) is 34.1 Å². The van der Waals surface area contributed by atoms with E-state index in [4.69, 9.17) is 14.9 Å². The Hall–Kier alpha value is -2.75. The number of carbonyl (C=O) groups excluding carboxylic acids is 3. The number of hydrogen-bond donors (Lipinski definition) is 6. The third kappa shape index (κ3) is 8.34. The van der Waals surface area contributed by atoms with E-state index >= 15 is 8.78 Å². The van der Waals surface area contributed by atoms with Crippen molar-refractivity contribution in [2.75, 3.05) is 19.2 Å². The Morgan fingerprint density at radius 1 is 1.13 bits per heavy atom. The van der Waals surface area contributed by atoms with Gasteiger partial charge in [0.25, 0.3) is 0 Å². The molecule has 3 saturated carbocycles. The second kappa shape index (κ2) is 17.6. The Morgan fingerprint density at radius 2 is 1.76 bits per heavy atom. The van der Waals surface area contributed by atoms with Crippen LogP contribution in [0.15, 0.2) is 42.0 Å². The van der Waals surface area contributed by atoms with Gasteiger partial charge >= 0.3 is 5.97 Å². The highest BCUT2D eigenvalue weighted by molar-refractivity contribution is 8.13. The predicted octanol–water partition coefficient (Wildman–Crippen LogP) is 5.73. The van der Waals surface area contributed by atoms with Crippen LogP contribution in [-0.4, -0.2) is 90.6 Å². The number of phenols is 1. The molecule has 2 unspecified atom stereocenters. The molecule has 1 aromatic carbocycles. The first-order valence-electron chi connectivity index (χ1n) is 18.5. The number of β-amino-alcohol motifs (C(OH)–C–C–N with tert-alkyl or cyclic N) is 1. The fraction of sp³-hybridized carbons (Fsp3) is 0.675. The molecule has 0 spiro atoms. The minimum atomic E-state index is -2.30. The van der Waals surface area contributed by atoms with Crippen molar-refractivity contribution in [2.45, 2.75) is 123 Å². The molecule has 4 aliphatic rings. The minimum Gasteiger partial charge on any atom is -0.508 e. The third-order valence-corrected chi connectivity index (χ3v) is 12.4. The number of fused-ring (bicyclic) bond motifs is 5. The summed E-state index contributed by atoms with van der Waals surface area (Å²) in [5, 5.41) is 49.9. The van der Waals surface area contributed by atoms with E-state index in [1.807, 2.05) is 20.8 Å². The van der Waals surface area contributed by atoms with Crippen LogP contribution < -0.4 is 5.32 Å². The van der Waals surface area contributed by atoms with Gasteiger partial charge in [-0.1, -0.05) is 32.9 Å². The van der Waals surface area contributed by atoms with Crippen molar-refractivity contribution in [2.24, 2.45) is 28.6 Å². The largest absolute Gasteiger partial charge is 0.508 e. The van der Waals surface area contributed by atoms with Gasteiger partial charge in [-0.25, -0.2) is 13.2 Å². The number of ether oxygens (including phenoxy) is 1. The molecular weight excluding hydrogens is 727 g/mol. The number of halogens is 3. The van der Waals surface area contributed by atoms with E-state index in [0.717, 1.165) is 6.08 Å². The Kier molecular flexibility index (Phi) is 14.9. The number of hydrogen-bond acceptors (Lipinski definition) is 11. The normalized spacial score (nSPS) is 34.5. The molecule has 4 aliphatic carbocycles. The van der Waals surface area contributed by atoms with Crippen molar-refractivity contribution in [1.29, 1.82) is 0 Å². The lowest BCUT2D eigenvalue weighted by Gasteiger charge is -2.63. The predicted molar refractivity (Wildman–Crippen MR) is 200 cm³/mol. The summed E-state index contributed by atoms with van der Waals surface area (Å²) in [7, 11) is 0. The first kappa shape index (κ1) is 45.6. The molecule has 3 fully saturated rings. The molecule has 54 heavy (non-hydrogen) atoms. The molecule has 304 valence electrons. The molecule has 6 N–H and O–H groups in total. The topological polar surface area (TPSA) is 174 Å². The second-order valence-electron chi connectivity index (χ2n) is 16.1. The number of alkyl halides is 3. The number of benzene rings is 1. The van der Waals surface area contributed by atoms with E-state index in [2.05, 4.69) is 5.32 Å². The second-order valence-corrected chi connectivity index (χ2v) is 17.0. The molecule has 0 saturated heterocycles. The maximum Gasteiger partial charge on any atom is 0.306 e. The highest BCUT2D eigenvalue weighted by Gasteiger charge is 2.78. The molecule has 0 radical (unpaired) electrons. The Bertz CT molecular complexity index is 1590. The number of thioether (sulfide) groups is 1. The van der Waals surface area contributed by atoms with Gasteiger partial charge in [0.15, 0.2) is 17.1 Å². The molecule has 14 heteroatoms. The highest BCUT2D eigenvalue weighted by atomic mass is 32.2. The quantitative estimate of drug-likeness (QED) is 0.178. The van der Waals surface area contributed by atoms with Gasteiger partial charge in [-0.05, 0) is 107 Å². The summed E-state index contributed by atoms with van der Waals surface area (Å²) in [6, 6.07) is 3.74. The summed E-state index contributed by atoms with van der Waals surface area (Å²) >= 11 is 0.396. The number of aromatic hydroxyl groups is 1. The molecule has 0 amide bonds. The summed E-state index contributed by atoms with van der Waals surface area (Å²) in [5.41, 5.74) is -5.79. The van der Waals surface area contributed by atoms with Crippen molar-refractivity contribution in [3.8, 4) is 5.75 Å². The average Bonchev–Trinajstić information content (AvgIpc) is 3.32. The number of aliphatic hydroxyl groups excluding tert-OH is 4. The van der Waals surface area contributed by atoms with Crippen molar-refractivity contribution in [3.63, 3.8) is 0 Å². The van der Waals surface area contributed by atoms with Crippen LogP contribution in [0.2, 0.25) is 0 Å². The zero-order valence-corrected chi connectivity index (χ0v) is 33.3. The molecule has 0 bridgehead atoms. The van der Waals surface area contributed by atoms with Gasteiger partial charge in [0.1, 0.15) is 17.9 Å². The fourth-order valence-corrected chi connectivity index (χ4v) is 9.88. The molecule has 0 aliphatic heterocycles. The molecule has 5 rings (SSSR count). The average molecular weight is 786 g/mol. The van der Waals surface area contributed by atoms with Crippen LogP contribution in [0, 0.1) is 28.6 Å². The van der Waals surface area contributed by atoms with E-state index in [0.29, 0.717) is 29.4 Å². The number of allylic oxidation sites excluding steroid dienone is 4. The van der Waals surface area contributed by atoms with E-state index < -0.39 is 81.1 Å². The summed E-state index contributed by atoms with van der Waals surface area (Å²) in [6.07, 6.45) is -0.493. The number of esters is 1. The summed E-state index contributed by atoms with van der Waals surface area (Å²) in [5.74, 6) is -3.25. The smallest absolute Gasteiger partial charge is 0.306 e. The lowest BCUT2D eigenvalue weighted by molar-refractivity contribution is -0.228. The zero-order chi connectivity index (χ0) is 41.0. The van der Waals surface area contributed by atoms with Crippen molar-refractivity contribution in [1.82, 2.24) is 5.32 Å². The van der Waals surface area contributed by atoms with Gasteiger partial charge in [-0.15, -0.1) is 0 Å². The first-order chi connectivity index (χ1) is 25.1. The fourth-order valence-electron chi connectivity index (χ4n) is 9.09. The Balaban J connectivity index is 0.000000329. The molecule has 0 heterocycles. The van der Waals surface area contributed by atoms with Crippen LogP contribution in [-0.2, 0) is 25.7 Å². The van der Waals surface area contributed by atoms with Crippen LogP contribution in [0.1, 0.15) is 98.3 Å². The van der Waals surface area contributed by atoms with Crippen LogP contribution in [0.3, 0.4) is 0 Å². The SMILES string of the molecule is CC(C)(C)NCC(O)c1ccc(O)c(CO)c1.CCC(=O)O[C@]1(C(=O)SCF)[C@H](C)C[C@H]2C3C[C@H](F)C4=CC(=O)C=C[C@]4(C)[C@@]3(F)[C@@H](O)C[C@@]21C.CCO. The summed E-state index contributed by atoms with van der Waals surface area (Å²) < 4.78 is 51.8. The Labute approximate surface area is 320 Å². The molecule has 1 aromatic rings. The first-order valence-corrected chi connectivity index (χ1v) is 19.4. The van der Waals surface area contributed by atoms with Gasteiger partial charge < -0.3 is 35.6 Å². The monoisotopic (exact) mass is 785 g/mol. The lowest BCUT2D eigenvalue weighted by Crippen LogP contribution is -2.70. The molecular formula is C40H58F3NO9S. The standard InChI is InChI=1S/C25H31F3O5S.C13H21NO3.C2H6O/c1-5-20(31)33-25(21(32)34-12-26)13(2)8-15-16-10-18(27)17-9-14(29)6-7-22(17,3)24(16,28)19(30)11-23(15,25)4;1-13(2,3)14-7-12(17)9-4-5-11(16)10(6-9)8-15;1-2-3/h6-7,9,13,15-16,18-19,30H,5,8,10-12H2,1-4H3;4-6,12,14-17H,7-8H2,1-3H3;3H,2H2,1H3/t13-,15+,16?,18+,19+,22+,23+,24+,25+;;/m1../s1. The number of nitrogens with one attached hydrogen (secondary N) is 1. The van der Waals surface area contributed by atoms with E-state index in [1.165, 1.54) is 25.1 Å². The van der Waals surface area contributed by atoms with E-state index in [-0.39, 0.29) is 55.8 Å². The molecule has 0 aromatic heterocycles. The zero-order valence-electron chi connectivity index (χ0n) is 32.5. The number of carbonyl (C=O) groups is 3. The van der Waals surface area contributed by atoms with E-state index in [1.54, 1.807) is 39.8 Å². The maximum atomic E-state index is 17.2. The number of ketones is 1. The lowest BCUT2D eigenvalue weighted by atomic mass is 9.44. The van der Waals surface area contributed by atoms with Gasteiger partial charge in [-0.2, -0.15) is 0 Å². The Morgan fingerprint density at radius 3 is 2.31 bits per heavy atom. The third-order valence-electron chi connectivity index (χ3n) is 11.7. The molecule has 10 atom stereocenters. The number of aliphatic hydroxyl groups is 4. The van der Waals surface area contributed by atoms with Crippen molar-refractivity contribution in [3.05, 3.63) is 53.1 Å². The van der Waals surface area contributed by atoms with Crippen LogP contribution in [0.25, 0.3) is 0 Å². The van der Waals surface area contributed by atoms with Gasteiger partial charge in [0.05, 0.1) is 18.8 Å². The van der Waals surface area contributed by atoms with Crippen molar-refractivity contribution < 1.29 is 57.8 Å². The van der Waals surface area contributed by atoms with Crippen molar-refractivity contribution >= 4 is 28.6 Å².